The first-order valence-corrected chi connectivity index (χ1v) is 23.4. The van der Waals surface area contributed by atoms with E-state index >= 15 is 0 Å². The molecule has 14 nitrogen and oxygen atoms in total. The van der Waals surface area contributed by atoms with Crippen molar-refractivity contribution in [3.63, 3.8) is 0 Å². The van der Waals surface area contributed by atoms with Crippen molar-refractivity contribution in [3.8, 4) is 0 Å². The van der Waals surface area contributed by atoms with Crippen LogP contribution in [0, 0.1) is 32.1 Å². The second kappa shape index (κ2) is 23.0. The first kappa shape index (κ1) is 48.7. The molecule has 0 aliphatic rings. The lowest BCUT2D eigenvalue weighted by Gasteiger charge is -2.17. The summed E-state index contributed by atoms with van der Waals surface area (Å²) >= 11 is 0. The smallest absolute Gasteiger partial charge is 0.332 e. The Labute approximate surface area is 385 Å². The number of hydrogen-bond donors (Lipinski definition) is 0. The van der Waals surface area contributed by atoms with Gasteiger partial charge in [0, 0.05) is 106 Å². The van der Waals surface area contributed by atoms with Gasteiger partial charge in [-0.3, -0.25) is 20.2 Å². The van der Waals surface area contributed by atoms with Crippen LogP contribution in [0.3, 0.4) is 0 Å². The van der Waals surface area contributed by atoms with Gasteiger partial charge in [-0.2, -0.15) is 0 Å². The van der Waals surface area contributed by atoms with Crippen molar-refractivity contribution < 1.29 is 29.1 Å². The highest BCUT2D eigenvalue weighted by molar-refractivity contribution is 6.15. The van der Waals surface area contributed by atoms with E-state index in [2.05, 4.69) is 47.1 Å². The summed E-state index contributed by atoms with van der Waals surface area (Å²) in [6.45, 7) is 13.0. The van der Waals surface area contributed by atoms with Gasteiger partial charge in [0.15, 0.2) is 0 Å². The van der Waals surface area contributed by atoms with Crippen LogP contribution < -0.4 is 0 Å². The van der Waals surface area contributed by atoms with Crippen molar-refractivity contribution in [1.82, 2.24) is 9.13 Å². The van der Waals surface area contributed by atoms with Crippen LogP contribution in [0.2, 0.25) is 0 Å². The number of nitro benzene ring substituents is 2. The third kappa shape index (κ3) is 11.8. The highest BCUT2D eigenvalue weighted by Gasteiger charge is 2.21. The van der Waals surface area contributed by atoms with E-state index in [9.17, 15) is 29.8 Å². The predicted octanol–water partition coefficient (Wildman–Crippen LogP) is 13.5. The fourth-order valence-electron chi connectivity index (χ4n) is 8.90. The summed E-state index contributed by atoms with van der Waals surface area (Å²) < 4.78 is 4.54. The van der Waals surface area contributed by atoms with Crippen LogP contribution in [-0.4, -0.2) is 42.3 Å². The van der Waals surface area contributed by atoms with Gasteiger partial charge in [0.2, 0.25) is 0 Å². The molecule has 0 N–H and O–H groups in total. The third-order valence-corrected chi connectivity index (χ3v) is 12.6. The molecule has 0 fully saturated rings. The van der Waals surface area contributed by atoms with E-state index in [-0.39, 0.29) is 21.2 Å². The maximum Gasteiger partial charge on any atom is 0.332 e. The van der Waals surface area contributed by atoms with Crippen molar-refractivity contribution in [1.29, 1.82) is 0 Å². The Balaban J connectivity index is 1.25. The Morgan fingerprint density at radius 2 is 1.08 bits per heavy atom. The average Bonchev–Trinajstić information content (AvgIpc) is 3.78. The SMILES string of the molecule is CCCCC(CC)Cn1c2ccc(C(/C=C/CCCC/C(=N\OC(C)=O)c3ccc4c(c3)c3cc([N+](=O)[O-])ccc3n4CC(CC)CCCC)=N/OC(C)=O)cc2c2cc([N+](=O)[O-])ccc21. The number of benzene rings is 4. The van der Waals surface area contributed by atoms with Crippen LogP contribution in [0.25, 0.3) is 43.6 Å². The second-order valence-electron chi connectivity index (χ2n) is 17.3. The zero-order valence-electron chi connectivity index (χ0n) is 39.1. The van der Waals surface area contributed by atoms with Crippen molar-refractivity contribution >= 4 is 78.3 Å². The molecule has 6 rings (SSSR count). The number of fused-ring (bicyclic) bond motifs is 6. The summed E-state index contributed by atoms with van der Waals surface area (Å²) in [6, 6.07) is 21.9. The predicted molar refractivity (Wildman–Crippen MR) is 263 cm³/mol. The molecule has 6 aromatic rings. The number of nitrogens with zero attached hydrogens (tertiary/aromatic N) is 6. The number of carbonyl (C=O) groups is 2. The largest absolute Gasteiger partial charge is 0.340 e. The van der Waals surface area contributed by atoms with E-state index < -0.39 is 11.9 Å². The lowest BCUT2D eigenvalue weighted by atomic mass is 9.99. The van der Waals surface area contributed by atoms with E-state index in [0.717, 1.165) is 120 Å². The van der Waals surface area contributed by atoms with Crippen molar-refractivity contribution in [2.45, 2.75) is 132 Å². The molecule has 0 aliphatic carbocycles. The number of carbonyl (C=O) groups excluding carboxylic acids is 2. The summed E-state index contributed by atoms with van der Waals surface area (Å²) in [5, 5.41) is 35.5. The van der Waals surface area contributed by atoms with E-state index in [1.54, 1.807) is 24.3 Å². The van der Waals surface area contributed by atoms with Crippen LogP contribution in [-0.2, 0) is 32.4 Å². The number of unbranched alkanes of at least 4 members (excludes halogenated alkanes) is 4. The molecule has 2 aromatic heterocycles. The Kier molecular flexibility index (Phi) is 17.0. The van der Waals surface area contributed by atoms with E-state index in [4.69, 9.17) is 9.68 Å². The minimum absolute atomic E-state index is 0.0115. The van der Waals surface area contributed by atoms with Gasteiger partial charge in [0.05, 0.1) is 15.6 Å². The number of aromatic nitrogens is 2. The first-order chi connectivity index (χ1) is 31.9. The van der Waals surface area contributed by atoms with Crippen molar-refractivity contribution in [3.05, 3.63) is 116 Å². The molecule has 0 spiro atoms. The lowest BCUT2D eigenvalue weighted by Crippen LogP contribution is -2.10. The number of non-ortho nitro benzene ring substituents is 2. The van der Waals surface area contributed by atoms with Gasteiger partial charge in [-0.1, -0.05) is 94.7 Å². The van der Waals surface area contributed by atoms with Gasteiger partial charge >= 0.3 is 11.9 Å². The summed E-state index contributed by atoms with van der Waals surface area (Å²) in [6.07, 6.45) is 15.0. The van der Waals surface area contributed by atoms with Crippen LogP contribution in [0.1, 0.15) is 130 Å². The molecule has 0 aliphatic heterocycles. The number of allylic oxidation sites excluding steroid dienone is 2. The topological polar surface area (TPSA) is 173 Å². The molecule has 0 radical (unpaired) electrons. The van der Waals surface area contributed by atoms with Gasteiger partial charge in [-0.15, -0.1) is 0 Å². The molecule has 4 aromatic carbocycles. The Morgan fingerprint density at radius 1 is 0.621 bits per heavy atom. The average molecular weight is 899 g/mol. The molecule has 0 amide bonds. The molecule has 14 heteroatoms. The number of nitro groups is 2. The summed E-state index contributed by atoms with van der Waals surface area (Å²) in [7, 11) is 0. The standard InChI is InChI=1S/C52H62N6O8/c1-7-11-17-37(9-3)33-55-49-25-21-39(29-43(49)45-31-41(57(61)62)23-27-51(45)55)47(53-65-35(5)59)19-15-13-14-16-20-48(54-66-36(6)60)40-22-26-50-44(30-40)46-32-42(58(63)64)24-28-52(46)56(50)34-38(10-4)18-12-8-2/h15,19,21-32,37-38H,7-14,16-18,20,33-34H2,1-6H3/b19-15+,53-47+,54-48+. The van der Waals surface area contributed by atoms with Gasteiger partial charge in [-0.25, -0.2) is 9.59 Å². The number of hydrogen-bond acceptors (Lipinski definition) is 10. The Hall–Kier alpha value is -6.70. The molecule has 2 unspecified atom stereocenters. The monoisotopic (exact) mass is 898 g/mol. The zero-order valence-corrected chi connectivity index (χ0v) is 39.1. The summed E-state index contributed by atoms with van der Waals surface area (Å²) in [5.74, 6) is -0.198. The van der Waals surface area contributed by atoms with Gasteiger partial charge in [-0.05, 0) is 92.8 Å². The molecule has 348 valence electrons. The second-order valence-corrected chi connectivity index (χ2v) is 17.3. The molecular weight excluding hydrogens is 837 g/mol. The minimum atomic E-state index is -0.565. The molecule has 0 bridgehead atoms. The summed E-state index contributed by atoms with van der Waals surface area (Å²) in [4.78, 5) is 57.2. The molecule has 2 atom stereocenters. The molecule has 0 saturated carbocycles. The highest BCUT2D eigenvalue weighted by Crippen LogP contribution is 2.36. The molecule has 2 heterocycles. The Morgan fingerprint density at radius 3 is 1.55 bits per heavy atom. The zero-order chi connectivity index (χ0) is 47.3. The normalized spacial score (nSPS) is 13.3. The first-order valence-electron chi connectivity index (χ1n) is 23.4. The van der Waals surface area contributed by atoms with E-state index in [1.165, 1.54) is 13.8 Å². The Bertz CT molecular complexity index is 2820. The van der Waals surface area contributed by atoms with E-state index in [1.807, 2.05) is 60.7 Å². The van der Waals surface area contributed by atoms with Gasteiger partial charge in [0.25, 0.3) is 11.4 Å². The third-order valence-electron chi connectivity index (χ3n) is 12.6. The summed E-state index contributed by atoms with van der Waals surface area (Å²) in [5.41, 5.74) is 6.28. The van der Waals surface area contributed by atoms with Crippen LogP contribution in [0.5, 0.6) is 0 Å². The fraction of sp³-hybridized carbons (Fsp3) is 0.423. The molecule has 0 saturated heterocycles. The maximum atomic E-state index is 12.0. The maximum absolute atomic E-state index is 12.0. The molecular formula is C52H62N6O8. The van der Waals surface area contributed by atoms with Crippen molar-refractivity contribution in [2.75, 3.05) is 0 Å². The van der Waals surface area contributed by atoms with Gasteiger partial charge < -0.3 is 18.8 Å². The number of oxime groups is 2. The highest BCUT2D eigenvalue weighted by atomic mass is 16.7. The molecule has 66 heavy (non-hydrogen) atoms. The van der Waals surface area contributed by atoms with Crippen LogP contribution in [0.4, 0.5) is 11.4 Å². The fourth-order valence-corrected chi connectivity index (χ4v) is 8.90. The minimum Gasteiger partial charge on any atom is -0.340 e. The van der Waals surface area contributed by atoms with Gasteiger partial charge in [0.1, 0.15) is 5.71 Å². The van der Waals surface area contributed by atoms with Crippen molar-refractivity contribution in [2.24, 2.45) is 22.1 Å². The lowest BCUT2D eigenvalue weighted by molar-refractivity contribution is -0.384. The quantitative estimate of drug-likeness (QED) is 0.0190. The van der Waals surface area contributed by atoms with Crippen LogP contribution >= 0.6 is 0 Å². The number of rotatable bonds is 24. The van der Waals surface area contributed by atoms with Crippen LogP contribution in [0.15, 0.2) is 95.3 Å². The van der Waals surface area contributed by atoms with E-state index in [0.29, 0.717) is 48.1 Å².